The Kier molecular flexibility index (Phi) is 7.66. The topological polar surface area (TPSA) is 109 Å². The SMILES string of the molecule is COc1ccc(C(=O)Nc2ccccc2C(=O)NN=Cc2cc(I)c(O)c(OC)c2)cc1. The highest BCUT2D eigenvalue weighted by Gasteiger charge is 2.14. The van der Waals surface area contributed by atoms with Gasteiger partial charge in [-0.1, -0.05) is 12.1 Å². The lowest BCUT2D eigenvalue weighted by Crippen LogP contribution is -2.21. The Morgan fingerprint density at radius 1 is 1.00 bits per heavy atom. The van der Waals surface area contributed by atoms with Gasteiger partial charge < -0.3 is 19.9 Å². The maximum atomic E-state index is 12.6. The van der Waals surface area contributed by atoms with Gasteiger partial charge in [0, 0.05) is 5.56 Å². The first-order valence-electron chi connectivity index (χ1n) is 9.37. The van der Waals surface area contributed by atoms with Crippen LogP contribution in [0.4, 0.5) is 5.69 Å². The van der Waals surface area contributed by atoms with Gasteiger partial charge >= 0.3 is 0 Å². The lowest BCUT2D eigenvalue weighted by atomic mass is 10.1. The minimum Gasteiger partial charge on any atom is -0.504 e. The Bertz CT molecular complexity index is 1160. The molecule has 0 atom stereocenters. The summed E-state index contributed by atoms with van der Waals surface area (Å²) in [6, 6.07) is 16.5. The maximum absolute atomic E-state index is 12.6. The number of hydrazone groups is 1. The third-order valence-corrected chi connectivity index (χ3v) is 5.24. The molecular formula is C23H20IN3O5. The predicted octanol–water partition coefficient (Wildman–Crippen LogP) is 4.03. The van der Waals surface area contributed by atoms with Crippen LogP contribution in [-0.4, -0.2) is 37.4 Å². The van der Waals surface area contributed by atoms with Gasteiger partial charge in [0.05, 0.1) is 35.3 Å². The zero-order valence-corrected chi connectivity index (χ0v) is 19.4. The standard InChI is InChI=1S/C23H20IN3O5/c1-31-16-9-7-15(8-10-16)22(29)26-19-6-4-3-5-17(19)23(30)27-25-13-14-11-18(24)21(28)20(12-14)32-2/h3-13,28H,1-2H3,(H,26,29)(H,27,30). The number of carbonyl (C=O) groups excluding carboxylic acids is 2. The molecule has 0 saturated heterocycles. The lowest BCUT2D eigenvalue weighted by Gasteiger charge is -2.10. The van der Waals surface area contributed by atoms with Crippen LogP contribution in [0, 0.1) is 3.57 Å². The molecule has 0 bridgehead atoms. The van der Waals surface area contributed by atoms with E-state index in [9.17, 15) is 14.7 Å². The fourth-order valence-corrected chi connectivity index (χ4v) is 3.40. The van der Waals surface area contributed by atoms with Gasteiger partial charge in [-0.2, -0.15) is 5.10 Å². The number of carbonyl (C=O) groups is 2. The van der Waals surface area contributed by atoms with Crippen LogP contribution in [0.3, 0.4) is 0 Å². The van der Waals surface area contributed by atoms with E-state index in [2.05, 4.69) is 15.8 Å². The highest BCUT2D eigenvalue weighted by Crippen LogP contribution is 2.31. The van der Waals surface area contributed by atoms with Gasteiger partial charge in [0.1, 0.15) is 5.75 Å². The minimum absolute atomic E-state index is 0.0378. The van der Waals surface area contributed by atoms with Crippen molar-refractivity contribution in [1.29, 1.82) is 0 Å². The van der Waals surface area contributed by atoms with Crippen molar-refractivity contribution >= 4 is 46.3 Å². The van der Waals surface area contributed by atoms with Gasteiger partial charge in [-0.05, 0) is 76.7 Å². The van der Waals surface area contributed by atoms with E-state index in [4.69, 9.17) is 9.47 Å². The molecule has 3 rings (SSSR count). The Balaban J connectivity index is 1.72. The number of anilines is 1. The third-order valence-electron chi connectivity index (χ3n) is 4.42. The number of amides is 2. The van der Waals surface area contributed by atoms with Crippen molar-refractivity contribution in [2.45, 2.75) is 0 Å². The van der Waals surface area contributed by atoms with Crippen molar-refractivity contribution in [2.75, 3.05) is 19.5 Å². The van der Waals surface area contributed by atoms with Crippen LogP contribution in [-0.2, 0) is 0 Å². The largest absolute Gasteiger partial charge is 0.504 e. The van der Waals surface area contributed by atoms with Crippen molar-refractivity contribution in [3.05, 3.63) is 80.9 Å². The van der Waals surface area contributed by atoms with Crippen molar-refractivity contribution in [2.24, 2.45) is 5.10 Å². The molecule has 0 heterocycles. The molecule has 0 saturated carbocycles. The number of phenolic OH excluding ortho intramolecular Hbond substituents is 1. The van der Waals surface area contributed by atoms with E-state index in [1.54, 1.807) is 67.8 Å². The van der Waals surface area contributed by atoms with E-state index < -0.39 is 5.91 Å². The van der Waals surface area contributed by atoms with E-state index in [0.717, 1.165) is 0 Å². The first kappa shape index (κ1) is 23.1. The van der Waals surface area contributed by atoms with Gasteiger partial charge in [-0.15, -0.1) is 0 Å². The molecule has 3 aromatic rings. The van der Waals surface area contributed by atoms with Crippen LogP contribution >= 0.6 is 22.6 Å². The molecule has 0 fully saturated rings. The van der Waals surface area contributed by atoms with Gasteiger partial charge in [-0.3, -0.25) is 9.59 Å². The summed E-state index contributed by atoms with van der Waals surface area (Å²) < 4.78 is 10.8. The molecule has 0 radical (unpaired) electrons. The molecule has 164 valence electrons. The molecule has 8 nitrogen and oxygen atoms in total. The predicted molar refractivity (Wildman–Crippen MR) is 130 cm³/mol. The molecule has 0 aromatic heterocycles. The molecule has 3 N–H and O–H groups in total. The van der Waals surface area contributed by atoms with Crippen LogP contribution in [0.5, 0.6) is 17.2 Å². The monoisotopic (exact) mass is 545 g/mol. The fraction of sp³-hybridized carbons (Fsp3) is 0.0870. The molecule has 32 heavy (non-hydrogen) atoms. The van der Waals surface area contributed by atoms with Gasteiger partial charge in [0.2, 0.25) is 0 Å². The van der Waals surface area contributed by atoms with Gasteiger partial charge in [0.25, 0.3) is 11.8 Å². The molecular weight excluding hydrogens is 525 g/mol. The van der Waals surface area contributed by atoms with E-state index in [-0.39, 0.29) is 17.2 Å². The summed E-state index contributed by atoms with van der Waals surface area (Å²) in [7, 11) is 3.00. The summed E-state index contributed by atoms with van der Waals surface area (Å²) >= 11 is 1.97. The van der Waals surface area contributed by atoms with Crippen LogP contribution < -0.4 is 20.2 Å². The quantitative estimate of drug-likeness (QED) is 0.236. The summed E-state index contributed by atoms with van der Waals surface area (Å²) in [6.07, 6.45) is 1.43. The van der Waals surface area contributed by atoms with E-state index in [1.165, 1.54) is 13.3 Å². The molecule has 0 aliphatic carbocycles. The van der Waals surface area contributed by atoms with Crippen LogP contribution in [0.15, 0.2) is 65.8 Å². The number of nitrogens with zero attached hydrogens (tertiary/aromatic N) is 1. The highest BCUT2D eigenvalue weighted by atomic mass is 127. The number of methoxy groups -OCH3 is 2. The Labute approximate surface area is 198 Å². The maximum Gasteiger partial charge on any atom is 0.273 e. The van der Waals surface area contributed by atoms with E-state index >= 15 is 0 Å². The average molecular weight is 545 g/mol. The van der Waals surface area contributed by atoms with Gasteiger partial charge in [0.15, 0.2) is 11.5 Å². The summed E-state index contributed by atoms with van der Waals surface area (Å²) in [5.74, 6) is 0.127. The molecule has 2 amide bonds. The second-order valence-corrected chi connectivity index (χ2v) is 7.64. The van der Waals surface area contributed by atoms with E-state index in [1.807, 2.05) is 22.6 Å². The second kappa shape index (κ2) is 10.6. The zero-order chi connectivity index (χ0) is 23.1. The van der Waals surface area contributed by atoms with Crippen molar-refractivity contribution in [1.82, 2.24) is 5.43 Å². The summed E-state index contributed by atoms with van der Waals surface area (Å²) in [6.45, 7) is 0. The van der Waals surface area contributed by atoms with Crippen molar-refractivity contribution < 1.29 is 24.2 Å². The number of benzene rings is 3. The smallest absolute Gasteiger partial charge is 0.273 e. The second-order valence-electron chi connectivity index (χ2n) is 6.48. The highest BCUT2D eigenvalue weighted by molar-refractivity contribution is 14.1. The molecule has 0 aliphatic rings. The minimum atomic E-state index is -0.493. The number of ether oxygens (including phenoxy) is 2. The molecule has 9 heteroatoms. The number of phenols is 1. The molecule has 0 unspecified atom stereocenters. The lowest BCUT2D eigenvalue weighted by molar-refractivity contribution is 0.0956. The number of nitrogens with one attached hydrogen (secondary N) is 2. The molecule has 0 aliphatic heterocycles. The molecule has 0 spiro atoms. The number of rotatable bonds is 7. The Morgan fingerprint density at radius 2 is 1.72 bits per heavy atom. The first-order valence-corrected chi connectivity index (χ1v) is 10.4. The number of aromatic hydroxyl groups is 1. The summed E-state index contributed by atoms with van der Waals surface area (Å²) in [5, 5.41) is 16.6. The van der Waals surface area contributed by atoms with Crippen molar-refractivity contribution in [3.63, 3.8) is 0 Å². The van der Waals surface area contributed by atoms with Crippen LogP contribution in [0.2, 0.25) is 0 Å². The first-order chi connectivity index (χ1) is 15.4. The number of hydrogen-bond acceptors (Lipinski definition) is 6. The summed E-state index contributed by atoms with van der Waals surface area (Å²) in [5.41, 5.74) is 4.10. The number of para-hydroxylation sites is 1. The normalized spacial score (nSPS) is 10.6. The van der Waals surface area contributed by atoms with Gasteiger partial charge in [-0.25, -0.2) is 5.43 Å². The zero-order valence-electron chi connectivity index (χ0n) is 17.3. The van der Waals surface area contributed by atoms with Crippen LogP contribution in [0.25, 0.3) is 0 Å². The Morgan fingerprint density at radius 3 is 2.41 bits per heavy atom. The summed E-state index contributed by atoms with van der Waals surface area (Å²) in [4.78, 5) is 25.2. The number of halogens is 1. The van der Waals surface area contributed by atoms with E-state index in [0.29, 0.717) is 31.9 Å². The number of hydrogen-bond donors (Lipinski definition) is 3. The molecule has 3 aromatic carbocycles. The third kappa shape index (κ3) is 5.55. The average Bonchev–Trinajstić information content (AvgIpc) is 2.81. The fourth-order valence-electron chi connectivity index (χ4n) is 2.78. The Hall–Kier alpha value is -3.60. The van der Waals surface area contributed by atoms with Crippen molar-refractivity contribution in [3.8, 4) is 17.2 Å². The van der Waals surface area contributed by atoms with Crippen LogP contribution in [0.1, 0.15) is 26.3 Å².